The first kappa shape index (κ1) is 16.5. The highest BCUT2D eigenvalue weighted by molar-refractivity contribution is 5.94. The van der Waals surface area contributed by atoms with Gasteiger partial charge in [-0.1, -0.05) is 25.0 Å². The zero-order valence-electron chi connectivity index (χ0n) is 14.4. The Bertz CT molecular complexity index is 702. The van der Waals surface area contributed by atoms with Crippen LogP contribution in [0.4, 0.5) is 0 Å². The first-order valence-electron chi connectivity index (χ1n) is 8.59. The number of nitrogens with zero attached hydrogens (tertiary/aromatic N) is 2. The van der Waals surface area contributed by atoms with E-state index in [-0.39, 0.29) is 5.91 Å². The molecule has 1 aliphatic heterocycles. The molecule has 4 heteroatoms. The Balaban J connectivity index is 1.79. The topological polar surface area (TPSA) is 42.4 Å². The molecule has 0 radical (unpaired) electrons. The lowest BCUT2D eigenvalue weighted by Crippen LogP contribution is -2.31. The Labute approximate surface area is 143 Å². The van der Waals surface area contributed by atoms with Crippen LogP contribution in [0.5, 0.6) is 5.88 Å². The Morgan fingerprint density at radius 3 is 2.33 bits per heavy atom. The number of pyridine rings is 1. The molecule has 2 aromatic rings. The molecule has 1 saturated heterocycles. The van der Waals surface area contributed by atoms with Gasteiger partial charge in [0.15, 0.2) is 0 Å². The summed E-state index contributed by atoms with van der Waals surface area (Å²) in [5, 5.41) is 0. The van der Waals surface area contributed by atoms with Gasteiger partial charge >= 0.3 is 0 Å². The van der Waals surface area contributed by atoms with Crippen LogP contribution in [0.25, 0.3) is 11.1 Å². The van der Waals surface area contributed by atoms with Crippen molar-refractivity contribution >= 4 is 5.91 Å². The summed E-state index contributed by atoms with van der Waals surface area (Å²) in [4.78, 5) is 18.9. The minimum absolute atomic E-state index is 0.146. The van der Waals surface area contributed by atoms with Gasteiger partial charge in [-0.15, -0.1) is 0 Å². The van der Waals surface area contributed by atoms with Crippen molar-refractivity contribution in [2.24, 2.45) is 0 Å². The van der Waals surface area contributed by atoms with Crippen LogP contribution in [0.3, 0.4) is 0 Å². The molecule has 2 heterocycles. The van der Waals surface area contributed by atoms with E-state index in [0.29, 0.717) is 5.88 Å². The lowest BCUT2D eigenvalue weighted by atomic mass is 10.0. The van der Waals surface area contributed by atoms with Gasteiger partial charge in [0.25, 0.3) is 5.91 Å². The average molecular weight is 324 g/mol. The molecular weight excluding hydrogens is 300 g/mol. The molecule has 0 aliphatic carbocycles. The van der Waals surface area contributed by atoms with E-state index in [1.807, 2.05) is 48.4 Å². The molecule has 1 aromatic heterocycles. The number of aryl methyl sites for hydroxylation is 1. The molecule has 24 heavy (non-hydrogen) atoms. The van der Waals surface area contributed by atoms with Crippen LogP contribution >= 0.6 is 0 Å². The summed E-state index contributed by atoms with van der Waals surface area (Å²) in [5.41, 5.74) is 3.99. The number of carbonyl (C=O) groups excluding carboxylic acids is 1. The van der Waals surface area contributed by atoms with Crippen molar-refractivity contribution in [2.45, 2.75) is 32.6 Å². The van der Waals surface area contributed by atoms with E-state index in [1.165, 1.54) is 12.8 Å². The Morgan fingerprint density at radius 2 is 1.75 bits per heavy atom. The van der Waals surface area contributed by atoms with Gasteiger partial charge in [-0.05, 0) is 43.0 Å². The van der Waals surface area contributed by atoms with E-state index in [2.05, 4.69) is 4.98 Å². The van der Waals surface area contributed by atoms with Crippen LogP contribution in [0.2, 0.25) is 0 Å². The van der Waals surface area contributed by atoms with Gasteiger partial charge in [0.1, 0.15) is 0 Å². The summed E-state index contributed by atoms with van der Waals surface area (Å²) < 4.78 is 5.15. The van der Waals surface area contributed by atoms with Crippen LogP contribution < -0.4 is 4.74 Å². The van der Waals surface area contributed by atoms with E-state index in [4.69, 9.17) is 4.74 Å². The molecule has 3 rings (SSSR count). The third-order valence-corrected chi connectivity index (χ3v) is 4.63. The number of aromatic nitrogens is 1. The maximum atomic E-state index is 12.6. The maximum absolute atomic E-state index is 12.6. The van der Waals surface area contributed by atoms with Crippen molar-refractivity contribution < 1.29 is 9.53 Å². The van der Waals surface area contributed by atoms with Gasteiger partial charge in [0.05, 0.1) is 7.11 Å². The molecule has 0 spiro atoms. The summed E-state index contributed by atoms with van der Waals surface area (Å²) in [5.74, 6) is 0.761. The molecule has 0 saturated carbocycles. The minimum atomic E-state index is 0.146. The summed E-state index contributed by atoms with van der Waals surface area (Å²) in [6.07, 6.45) is 6.50. The lowest BCUT2D eigenvalue weighted by molar-refractivity contribution is 0.0761. The Hall–Kier alpha value is -2.36. The highest BCUT2D eigenvalue weighted by Crippen LogP contribution is 2.25. The molecule has 1 amide bonds. The lowest BCUT2D eigenvalue weighted by Gasteiger charge is -2.20. The molecule has 0 N–H and O–H groups in total. The first-order valence-corrected chi connectivity index (χ1v) is 8.59. The highest BCUT2D eigenvalue weighted by Gasteiger charge is 2.17. The smallest absolute Gasteiger partial charge is 0.253 e. The number of hydrogen-bond acceptors (Lipinski definition) is 3. The molecule has 4 nitrogen and oxygen atoms in total. The van der Waals surface area contributed by atoms with Gasteiger partial charge in [-0.2, -0.15) is 0 Å². The summed E-state index contributed by atoms with van der Waals surface area (Å²) >= 11 is 0. The van der Waals surface area contributed by atoms with Crippen molar-refractivity contribution in [1.82, 2.24) is 9.88 Å². The van der Waals surface area contributed by atoms with E-state index in [1.54, 1.807) is 7.11 Å². The predicted octanol–water partition coefficient (Wildman–Crippen LogP) is 4.08. The largest absolute Gasteiger partial charge is 0.481 e. The van der Waals surface area contributed by atoms with Crippen molar-refractivity contribution in [3.8, 4) is 17.0 Å². The van der Waals surface area contributed by atoms with Crippen LogP contribution in [0.1, 0.15) is 41.6 Å². The number of carbonyl (C=O) groups is 1. The second-order valence-electron chi connectivity index (χ2n) is 6.33. The van der Waals surface area contributed by atoms with E-state index in [0.717, 1.165) is 48.2 Å². The van der Waals surface area contributed by atoms with Gasteiger partial charge in [0.2, 0.25) is 5.88 Å². The zero-order chi connectivity index (χ0) is 16.9. The fourth-order valence-corrected chi connectivity index (χ4v) is 3.19. The van der Waals surface area contributed by atoms with Crippen LogP contribution in [0.15, 0.2) is 36.5 Å². The fraction of sp³-hybridized carbons (Fsp3) is 0.400. The maximum Gasteiger partial charge on any atom is 0.253 e. The number of amides is 1. The van der Waals surface area contributed by atoms with Crippen molar-refractivity contribution in [2.75, 3.05) is 20.2 Å². The number of rotatable bonds is 3. The summed E-state index contributed by atoms with van der Waals surface area (Å²) in [6.45, 7) is 3.79. The number of methoxy groups -OCH3 is 1. The van der Waals surface area contributed by atoms with Crippen LogP contribution in [-0.2, 0) is 0 Å². The normalized spacial score (nSPS) is 15.0. The number of likely N-dealkylation sites (tertiary alicyclic amines) is 1. The van der Waals surface area contributed by atoms with Gasteiger partial charge in [0, 0.05) is 36.5 Å². The minimum Gasteiger partial charge on any atom is -0.481 e. The fourth-order valence-electron chi connectivity index (χ4n) is 3.19. The molecule has 0 atom stereocenters. The highest BCUT2D eigenvalue weighted by atomic mass is 16.5. The molecular formula is C20H24N2O2. The van der Waals surface area contributed by atoms with Gasteiger partial charge in [-0.3, -0.25) is 4.79 Å². The molecule has 1 aromatic carbocycles. The summed E-state index contributed by atoms with van der Waals surface area (Å²) in [6, 6.07) is 9.77. The predicted molar refractivity (Wildman–Crippen MR) is 95.3 cm³/mol. The third-order valence-electron chi connectivity index (χ3n) is 4.63. The van der Waals surface area contributed by atoms with Gasteiger partial charge in [-0.25, -0.2) is 4.98 Å². The molecule has 126 valence electrons. The molecule has 0 unspecified atom stereocenters. The second-order valence-corrected chi connectivity index (χ2v) is 6.33. The number of ether oxygens (including phenoxy) is 1. The second kappa shape index (κ2) is 7.47. The third kappa shape index (κ3) is 3.58. The zero-order valence-corrected chi connectivity index (χ0v) is 14.4. The van der Waals surface area contributed by atoms with Crippen molar-refractivity contribution in [1.29, 1.82) is 0 Å². The Morgan fingerprint density at radius 1 is 1.08 bits per heavy atom. The van der Waals surface area contributed by atoms with Crippen molar-refractivity contribution in [3.63, 3.8) is 0 Å². The number of hydrogen-bond donors (Lipinski definition) is 0. The van der Waals surface area contributed by atoms with Crippen LogP contribution in [-0.4, -0.2) is 36.0 Å². The van der Waals surface area contributed by atoms with Crippen LogP contribution in [0, 0.1) is 6.92 Å². The number of benzene rings is 1. The van der Waals surface area contributed by atoms with E-state index < -0.39 is 0 Å². The molecule has 1 fully saturated rings. The molecule has 0 bridgehead atoms. The van der Waals surface area contributed by atoms with E-state index >= 15 is 0 Å². The van der Waals surface area contributed by atoms with E-state index in [9.17, 15) is 4.79 Å². The Kier molecular flexibility index (Phi) is 5.14. The quantitative estimate of drug-likeness (QED) is 0.854. The standard InChI is InChI=1S/C20H24N2O2/c1-15-13-19(24-2)21-14-18(15)16-7-9-17(10-8-16)20(23)22-11-5-3-4-6-12-22/h7-10,13-14H,3-6,11-12H2,1-2H3. The van der Waals surface area contributed by atoms with Crippen molar-refractivity contribution in [3.05, 3.63) is 47.7 Å². The molecule has 1 aliphatic rings. The SMILES string of the molecule is COc1cc(C)c(-c2ccc(C(=O)N3CCCCCC3)cc2)cn1. The first-order chi connectivity index (χ1) is 11.7. The summed E-state index contributed by atoms with van der Waals surface area (Å²) in [7, 11) is 1.62. The van der Waals surface area contributed by atoms with Gasteiger partial charge < -0.3 is 9.64 Å². The monoisotopic (exact) mass is 324 g/mol. The average Bonchev–Trinajstić information content (AvgIpc) is 2.90.